The van der Waals surface area contributed by atoms with Gasteiger partial charge in [0.1, 0.15) is 34.9 Å². The van der Waals surface area contributed by atoms with E-state index in [1.807, 2.05) is 12.1 Å². The quantitative estimate of drug-likeness (QED) is 0.0321. The maximum atomic E-state index is 15.1. The Balaban J connectivity index is 0.000000124. The summed E-state index contributed by atoms with van der Waals surface area (Å²) in [6.07, 6.45) is 13.1. The molecule has 0 saturated heterocycles. The molecule has 0 saturated carbocycles. The van der Waals surface area contributed by atoms with Crippen LogP contribution in [-0.2, 0) is 31.0 Å². The number of carbonyl (C=O) groups is 5. The molecule has 0 atom stereocenters. The number of ketones is 5. The molecule has 0 aliphatic heterocycles. The standard InChI is InChI=1S/C25H18ClFN4O4.C25H19ClFN3O2.C25H19F2N5O3.C24H18F2N4O2/c1-11-6-16-20(9-18(11)27)31(22(12(2)32)21(16)14-4-3-5-28-23(14)33)10-13-7-15-19(8-17(13)26)29-25(35)30-24(15)34;1-13-7-17-22(10-19(13)27)30(11-15-8-20-21(9-18(15)26)29-12-28-20)25(14(2)31)24(17)16-5-3-4-6-23(16)32;1-11-6-16-20(9-17(11)26)32(22(12(2)33)21(16)14-4-3-5-29-23(14)34)10-13-7-15-19(8-18(13)27)30-25(28)31-24(15)35;1-12-6-16-21(9-17(12)25)30(10-14-7-19-20(8-18(14)26)29-11-28-19)23(13(2)31)22(16)15-4-3-5-27-24(15)32/h3-9H,10H2,1-2H3,(H,28,33)(H2,29,30,34,35);3-5,7-10,12H,6,11H2,1-2H3,(H,28,29);3-9H,10H2,1-2H3,(H,29,34)(H3,28,30,31,35);3-9,11H,10H2,1-2H3,(H,27,32)(H,28,29). The SMILES string of the molecule is CC(=O)c1c(-c2ccc[nH]c2=O)c2cc(C)c(F)cc2n1Cc1cc2[nH]cnc2cc1F.CC(=O)c1c(-c2ccc[nH]c2=O)c2cc(C)c(F)cc2n1Cc1cc2c(=O)[nH]c(=O)[nH]c2cc1Cl.CC(=O)c1c(-c2ccc[nH]c2=O)c2cc(C)c(F)cc2n1Cc1cc2c(=O)[nH]c(N)nc2cc1F.CC(=O)c1c(C2=CC=CCC2=O)c2cc(C)c(F)cc2n1Cc1cc2[nH]cnc2cc1Cl. The number of anilines is 1. The van der Waals surface area contributed by atoms with Gasteiger partial charge in [-0.15, -0.1) is 0 Å². The summed E-state index contributed by atoms with van der Waals surface area (Å²) in [5, 5.41) is 3.26. The minimum Gasteiger partial charge on any atom is -0.369 e. The van der Waals surface area contributed by atoms with Gasteiger partial charge in [-0.05, 0) is 182 Å². The second-order valence-corrected chi connectivity index (χ2v) is 33.2. The number of nitrogen functional groups attached to an aromatic ring is 1. The second kappa shape index (κ2) is 35.5. The number of aromatic amines is 8. The molecule has 0 bridgehead atoms. The molecule has 0 fully saturated rings. The van der Waals surface area contributed by atoms with Gasteiger partial charge in [-0.2, -0.15) is 0 Å². The first kappa shape index (κ1) is 89.6. The van der Waals surface area contributed by atoms with E-state index in [0.717, 1.165) is 22.7 Å². The third-order valence-electron chi connectivity index (χ3n) is 23.5. The number of nitrogens with one attached hydrogen (secondary N) is 8. The number of pyridine rings is 3. The number of rotatable bonds is 16. The van der Waals surface area contributed by atoms with E-state index in [1.54, 1.807) is 133 Å². The van der Waals surface area contributed by atoms with E-state index in [2.05, 4.69) is 54.8 Å². The highest BCUT2D eigenvalue weighted by molar-refractivity contribution is 6.33. The molecule has 8 aromatic carbocycles. The lowest BCUT2D eigenvalue weighted by Crippen LogP contribution is -2.22. The predicted octanol–water partition coefficient (Wildman–Crippen LogP) is 18.0. The molecule has 11 aromatic heterocycles. The molecular formula is C99H74Cl2F6N16O11. The highest BCUT2D eigenvalue weighted by Gasteiger charge is 2.33. The summed E-state index contributed by atoms with van der Waals surface area (Å²) in [5.74, 6) is -4.48. The summed E-state index contributed by atoms with van der Waals surface area (Å²) in [5.41, 5.74) is 14.1. The summed E-state index contributed by atoms with van der Waals surface area (Å²) in [7, 11) is 0. The first-order valence-corrected chi connectivity index (χ1v) is 42.2. The van der Waals surface area contributed by atoms with Gasteiger partial charge in [0.15, 0.2) is 28.9 Å². The third kappa shape index (κ3) is 16.5. The lowest BCUT2D eigenvalue weighted by Gasteiger charge is -2.13. The number of nitrogens with zero attached hydrogens (tertiary/aromatic N) is 7. The zero-order valence-corrected chi connectivity index (χ0v) is 73.6. The van der Waals surface area contributed by atoms with Gasteiger partial charge >= 0.3 is 5.69 Å². The van der Waals surface area contributed by atoms with E-state index in [-0.39, 0.29) is 139 Å². The van der Waals surface area contributed by atoms with Crippen molar-refractivity contribution in [2.75, 3.05) is 5.73 Å². The number of imidazole rings is 2. The number of fused-ring (bicyclic) bond motifs is 8. The third-order valence-corrected chi connectivity index (χ3v) is 24.2. The minimum absolute atomic E-state index is 0.00594. The van der Waals surface area contributed by atoms with Gasteiger partial charge in [-0.25, -0.2) is 46.1 Å². The Hall–Kier alpha value is -16.4. The molecule has 27 nitrogen and oxygen atoms in total. The van der Waals surface area contributed by atoms with Crippen molar-refractivity contribution in [3.63, 3.8) is 0 Å². The number of benzene rings is 8. The average Bonchev–Trinajstić information content (AvgIpc) is 1.60. The molecule has 0 spiro atoms. The van der Waals surface area contributed by atoms with E-state index in [1.165, 1.54) is 106 Å². The second-order valence-electron chi connectivity index (χ2n) is 32.3. The number of Topliss-reactive ketones (excluding diaryl/α,β-unsaturated/α-hetero) is 5. The van der Waals surface area contributed by atoms with Gasteiger partial charge in [-0.3, -0.25) is 57.9 Å². The van der Waals surface area contributed by atoms with Crippen LogP contribution in [0.15, 0.2) is 212 Å². The van der Waals surface area contributed by atoms with Gasteiger partial charge in [0, 0.05) is 165 Å². The van der Waals surface area contributed by atoms with Gasteiger partial charge in [0.25, 0.3) is 27.8 Å². The Morgan fingerprint density at radius 1 is 0.388 bits per heavy atom. The molecule has 35 heteroatoms. The fraction of sp³-hybridized carbons (Fsp3) is 0.131. The Labute approximate surface area is 760 Å². The molecule has 0 amide bonds. The number of hydrogen-bond donors (Lipinski definition) is 9. The average molecular weight is 1850 g/mol. The lowest BCUT2D eigenvalue weighted by molar-refractivity contribution is -0.113. The van der Waals surface area contributed by atoms with Crippen molar-refractivity contribution in [2.24, 2.45) is 0 Å². The van der Waals surface area contributed by atoms with Crippen molar-refractivity contribution < 1.29 is 50.3 Å². The summed E-state index contributed by atoms with van der Waals surface area (Å²) >= 11 is 13.0. The summed E-state index contributed by atoms with van der Waals surface area (Å²) in [6.45, 7) is 12.0. The topological polar surface area (TPSA) is 398 Å². The monoisotopic (exact) mass is 1850 g/mol. The van der Waals surface area contributed by atoms with Crippen LogP contribution in [0.5, 0.6) is 0 Å². The molecule has 19 aromatic rings. The van der Waals surface area contributed by atoms with Crippen LogP contribution >= 0.6 is 23.2 Å². The largest absolute Gasteiger partial charge is 0.369 e. The van der Waals surface area contributed by atoms with Crippen LogP contribution in [0.2, 0.25) is 10.0 Å². The van der Waals surface area contributed by atoms with Gasteiger partial charge < -0.3 is 53.9 Å². The summed E-state index contributed by atoms with van der Waals surface area (Å²) in [6, 6.07) is 33.4. The van der Waals surface area contributed by atoms with Crippen molar-refractivity contribution in [3.8, 4) is 33.4 Å². The van der Waals surface area contributed by atoms with Crippen LogP contribution in [0, 0.1) is 62.6 Å². The van der Waals surface area contributed by atoms with Crippen molar-refractivity contribution in [2.45, 2.75) is 88.0 Å². The van der Waals surface area contributed by atoms with E-state index in [4.69, 9.17) is 28.9 Å². The fourth-order valence-corrected chi connectivity index (χ4v) is 17.8. The smallest absolute Gasteiger partial charge is 0.326 e. The Morgan fingerprint density at radius 2 is 0.754 bits per heavy atom. The van der Waals surface area contributed by atoms with E-state index in [0.29, 0.717) is 127 Å². The molecule has 134 heavy (non-hydrogen) atoms. The first-order valence-electron chi connectivity index (χ1n) is 41.4. The van der Waals surface area contributed by atoms with Gasteiger partial charge in [0.2, 0.25) is 5.95 Å². The van der Waals surface area contributed by atoms with Crippen LogP contribution in [0.25, 0.3) is 126 Å². The minimum atomic E-state index is -0.682. The molecule has 11 heterocycles. The molecule has 672 valence electrons. The predicted molar refractivity (Wildman–Crippen MR) is 502 cm³/mol. The van der Waals surface area contributed by atoms with E-state index >= 15 is 4.39 Å². The number of aryl methyl sites for hydroxylation is 4. The van der Waals surface area contributed by atoms with Crippen LogP contribution in [0.1, 0.15) is 126 Å². The Kier molecular flexibility index (Phi) is 23.7. The summed E-state index contributed by atoms with van der Waals surface area (Å²) < 4.78 is 95.0. The highest BCUT2D eigenvalue weighted by Crippen LogP contribution is 2.43. The molecule has 20 rings (SSSR count). The maximum absolute atomic E-state index is 15.1. The number of aromatic nitrogens is 15. The van der Waals surface area contributed by atoms with Crippen molar-refractivity contribution in [1.82, 2.24) is 73.1 Å². The zero-order chi connectivity index (χ0) is 95.2. The number of nitrogens with two attached hydrogens (primary N) is 1. The zero-order valence-electron chi connectivity index (χ0n) is 72.1. The van der Waals surface area contributed by atoms with Crippen LogP contribution in [0.3, 0.4) is 0 Å². The van der Waals surface area contributed by atoms with Crippen LogP contribution in [-0.4, -0.2) is 102 Å². The van der Waals surface area contributed by atoms with E-state index < -0.39 is 62.8 Å². The number of halogens is 8. The molecular weight excluding hydrogens is 1770 g/mol. The highest BCUT2D eigenvalue weighted by atomic mass is 35.5. The fourth-order valence-electron chi connectivity index (χ4n) is 17.4. The van der Waals surface area contributed by atoms with Gasteiger partial charge in [0.05, 0.1) is 114 Å². The van der Waals surface area contributed by atoms with Crippen molar-refractivity contribution >= 4 is 151 Å². The Bertz CT molecular complexity index is 8770. The van der Waals surface area contributed by atoms with E-state index in [9.17, 15) is 74.7 Å². The number of carbonyl (C=O) groups excluding carboxylic acids is 5. The maximum Gasteiger partial charge on any atom is 0.326 e. The number of hydrogen-bond acceptors (Lipinski definition) is 15. The normalized spacial score (nSPS) is 12.0. The summed E-state index contributed by atoms with van der Waals surface area (Å²) in [4.78, 5) is 172. The molecule has 10 N–H and O–H groups in total. The first-order chi connectivity index (χ1) is 64.0. The molecule has 1 aliphatic carbocycles. The Morgan fingerprint density at radius 3 is 1.18 bits per heavy atom. The number of H-pyrrole nitrogens is 8. The molecule has 0 radical (unpaired) electrons. The molecule has 0 unspecified atom stereocenters. The van der Waals surface area contributed by atoms with Crippen LogP contribution < -0.4 is 39.2 Å². The lowest BCUT2D eigenvalue weighted by atomic mass is 9.92. The van der Waals surface area contributed by atoms with Crippen molar-refractivity contribution in [3.05, 3.63) is 363 Å². The molecule has 1 aliphatic rings. The van der Waals surface area contributed by atoms with Gasteiger partial charge in [-0.1, -0.05) is 41.4 Å². The van der Waals surface area contributed by atoms with Crippen LogP contribution in [0.4, 0.5) is 32.3 Å². The number of allylic oxidation sites excluding steroid dienone is 4. The van der Waals surface area contributed by atoms with Crippen molar-refractivity contribution in [1.29, 1.82) is 0 Å².